The van der Waals surface area contributed by atoms with E-state index in [0.717, 1.165) is 25.9 Å². The number of fused-ring (bicyclic) bond motifs is 1. The van der Waals surface area contributed by atoms with Gasteiger partial charge in [0.15, 0.2) is 5.13 Å². The summed E-state index contributed by atoms with van der Waals surface area (Å²) in [5, 5.41) is 2.59. The molecular weight excluding hydrogens is 425 g/mol. The van der Waals surface area contributed by atoms with Crippen molar-refractivity contribution in [3.63, 3.8) is 0 Å². The number of aromatic nitrogens is 1. The normalized spacial score (nSPS) is 14.8. The highest BCUT2D eigenvalue weighted by molar-refractivity contribution is 7.22. The van der Waals surface area contributed by atoms with E-state index >= 15 is 0 Å². The molecule has 140 valence electrons. The van der Waals surface area contributed by atoms with Crippen molar-refractivity contribution in [3.05, 3.63) is 56.5 Å². The Morgan fingerprint density at radius 1 is 1.04 bits per heavy atom. The zero-order valence-electron chi connectivity index (χ0n) is 14.5. The summed E-state index contributed by atoms with van der Waals surface area (Å²) in [4.78, 5) is 21.6. The predicted octanol–water partition coefficient (Wildman–Crippen LogP) is 5.53. The molecule has 0 saturated carbocycles. The lowest BCUT2D eigenvalue weighted by Gasteiger charge is -2.34. The summed E-state index contributed by atoms with van der Waals surface area (Å²) in [5.41, 5.74) is 2.51. The Morgan fingerprint density at radius 2 is 1.74 bits per heavy atom. The third-order valence-corrected chi connectivity index (χ3v) is 6.82. The molecule has 0 unspecified atom stereocenters. The van der Waals surface area contributed by atoms with Crippen molar-refractivity contribution in [3.8, 4) is 0 Å². The van der Waals surface area contributed by atoms with Gasteiger partial charge in [-0.25, -0.2) is 4.98 Å². The molecule has 8 heteroatoms. The number of halogens is 3. The van der Waals surface area contributed by atoms with Crippen molar-refractivity contribution in [1.82, 2.24) is 9.88 Å². The van der Waals surface area contributed by atoms with E-state index in [1.807, 2.05) is 19.1 Å². The van der Waals surface area contributed by atoms with E-state index in [4.69, 9.17) is 39.8 Å². The van der Waals surface area contributed by atoms with Gasteiger partial charge in [0.05, 0.1) is 25.8 Å². The van der Waals surface area contributed by atoms with Crippen LogP contribution in [0.2, 0.25) is 15.1 Å². The molecule has 0 atom stereocenters. The van der Waals surface area contributed by atoms with Gasteiger partial charge in [0.2, 0.25) is 0 Å². The Labute approximate surface area is 176 Å². The topological polar surface area (TPSA) is 36.4 Å². The average Bonchev–Trinajstić information content (AvgIpc) is 3.13. The van der Waals surface area contributed by atoms with Crippen LogP contribution in [0.25, 0.3) is 10.2 Å². The van der Waals surface area contributed by atoms with Gasteiger partial charge in [-0.1, -0.05) is 52.2 Å². The van der Waals surface area contributed by atoms with E-state index in [0.29, 0.717) is 41.8 Å². The molecule has 0 aliphatic carbocycles. The van der Waals surface area contributed by atoms with Crippen molar-refractivity contribution < 1.29 is 4.79 Å². The smallest absolute Gasteiger partial charge is 0.255 e. The number of piperazine rings is 1. The molecule has 1 aliphatic rings. The zero-order valence-corrected chi connectivity index (χ0v) is 17.6. The standard InChI is InChI=1S/C19H16Cl3N3OS/c1-11-2-4-15(22)17-16(11)23-19(27-17)25-8-6-24(7-9-25)18(26)13-10-12(20)3-5-14(13)21/h2-5,10H,6-9H2,1H3. The predicted molar refractivity (Wildman–Crippen MR) is 114 cm³/mol. The van der Waals surface area contributed by atoms with Gasteiger partial charge in [-0.2, -0.15) is 0 Å². The molecule has 0 radical (unpaired) electrons. The minimum absolute atomic E-state index is 0.0923. The van der Waals surface area contributed by atoms with Crippen molar-refractivity contribution in [1.29, 1.82) is 0 Å². The molecule has 3 aromatic rings. The second-order valence-electron chi connectivity index (χ2n) is 6.44. The van der Waals surface area contributed by atoms with Crippen LogP contribution in [0.3, 0.4) is 0 Å². The molecule has 27 heavy (non-hydrogen) atoms. The molecule has 1 aromatic heterocycles. The van der Waals surface area contributed by atoms with Crippen LogP contribution in [0.1, 0.15) is 15.9 Å². The minimum atomic E-state index is -0.0923. The largest absolute Gasteiger partial charge is 0.345 e. The number of thiazole rings is 1. The number of nitrogens with zero attached hydrogens (tertiary/aromatic N) is 3. The SMILES string of the molecule is Cc1ccc(Cl)c2sc(N3CCN(C(=O)c4cc(Cl)ccc4Cl)CC3)nc12. The van der Waals surface area contributed by atoms with Gasteiger partial charge in [0, 0.05) is 31.2 Å². The summed E-state index contributed by atoms with van der Waals surface area (Å²) in [7, 11) is 0. The van der Waals surface area contributed by atoms with Crippen LogP contribution in [-0.4, -0.2) is 42.0 Å². The first kappa shape index (κ1) is 18.8. The molecule has 1 aliphatic heterocycles. The van der Waals surface area contributed by atoms with Crippen LogP contribution < -0.4 is 4.90 Å². The Bertz CT molecular complexity index is 989. The Morgan fingerprint density at radius 3 is 2.44 bits per heavy atom. The van der Waals surface area contributed by atoms with Crippen LogP contribution >= 0.6 is 46.1 Å². The van der Waals surface area contributed by atoms with Gasteiger partial charge in [0.25, 0.3) is 5.91 Å². The lowest BCUT2D eigenvalue weighted by Crippen LogP contribution is -2.48. The number of amides is 1. The molecule has 1 amide bonds. The van der Waals surface area contributed by atoms with Crippen molar-refractivity contribution in [2.24, 2.45) is 0 Å². The number of hydrogen-bond acceptors (Lipinski definition) is 4. The van der Waals surface area contributed by atoms with E-state index in [1.165, 1.54) is 0 Å². The quantitative estimate of drug-likeness (QED) is 0.526. The molecule has 2 heterocycles. The Hall–Kier alpha value is -1.53. The van der Waals surface area contributed by atoms with Crippen molar-refractivity contribution in [2.75, 3.05) is 31.1 Å². The number of carbonyl (C=O) groups is 1. The molecule has 4 rings (SSSR count). The number of rotatable bonds is 2. The first-order valence-corrected chi connectivity index (χ1v) is 10.4. The third kappa shape index (κ3) is 3.61. The van der Waals surface area contributed by atoms with Gasteiger partial charge in [-0.15, -0.1) is 0 Å². The molecule has 0 N–H and O–H groups in total. The van der Waals surface area contributed by atoms with E-state index in [1.54, 1.807) is 34.4 Å². The highest BCUT2D eigenvalue weighted by atomic mass is 35.5. The first-order chi connectivity index (χ1) is 12.9. The van der Waals surface area contributed by atoms with Crippen LogP contribution in [-0.2, 0) is 0 Å². The maximum atomic E-state index is 12.8. The lowest BCUT2D eigenvalue weighted by molar-refractivity contribution is 0.0747. The summed E-state index contributed by atoms with van der Waals surface area (Å²) in [6.07, 6.45) is 0. The minimum Gasteiger partial charge on any atom is -0.345 e. The van der Waals surface area contributed by atoms with Crippen LogP contribution in [0.15, 0.2) is 30.3 Å². The first-order valence-electron chi connectivity index (χ1n) is 8.49. The maximum absolute atomic E-state index is 12.8. The maximum Gasteiger partial charge on any atom is 0.255 e. The van der Waals surface area contributed by atoms with E-state index in [9.17, 15) is 4.79 Å². The van der Waals surface area contributed by atoms with Crippen LogP contribution in [0, 0.1) is 6.92 Å². The monoisotopic (exact) mass is 439 g/mol. The number of carbonyl (C=O) groups excluding carboxylic acids is 1. The Balaban J connectivity index is 1.51. The van der Waals surface area contributed by atoms with Gasteiger partial charge in [-0.05, 0) is 36.8 Å². The number of aryl methyl sites for hydroxylation is 1. The second kappa shape index (κ2) is 7.47. The van der Waals surface area contributed by atoms with E-state index in [-0.39, 0.29) is 5.91 Å². The van der Waals surface area contributed by atoms with Gasteiger partial charge in [-0.3, -0.25) is 4.79 Å². The third-order valence-electron chi connectivity index (χ3n) is 4.68. The molecule has 2 aromatic carbocycles. The summed E-state index contributed by atoms with van der Waals surface area (Å²) >= 11 is 20.1. The fourth-order valence-electron chi connectivity index (χ4n) is 3.16. The number of anilines is 1. The highest BCUT2D eigenvalue weighted by Crippen LogP contribution is 2.36. The summed E-state index contributed by atoms with van der Waals surface area (Å²) in [5.74, 6) is -0.0923. The molecule has 0 bridgehead atoms. The molecule has 0 spiro atoms. The number of benzene rings is 2. The summed E-state index contributed by atoms with van der Waals surface area (Å²) in [6.45, 7) is 4.66. The lowest BCUT2D eigenvalue weighted by atomic mass is 10.2. The fourth-order valence-corrected chi connectivity index (χ4v) is 4.90. The molecule has 4 nitrogen and oxygen atoms in total. The highest BCUT2D eigenvalue weighted by Gasteiger charge is 2.25. The van der Waals surface area contributed by atoms with E-state index < -0.39 is 0 Å². The molecule has 1 saturated heterocycles. The van der Waals surface area contributed by atoms with Gasteiger partial charge in [0.1, 0.15) is 0 Å². The fraction of sp³-hybridized carbons (Fsp3) is 0.263. The Kier molecular flexibility index (Phi) is 5.21. The van der Waals surface area contributed by atoms with Crippen molar-refractivity contribution in [2.45, 2.75) is 6.92 Å². The zero-order chi connectivity index (χ0) is 19.1. The van der Waals surface area contributed by atoms with Gasteiger partial charge >= 0.3 is 0 Å². The summed E-state index contributed by atoms with van der Waals surface area (Å²) < 4.78 is 1.01. The van der Waals surface area contributed by atoms with E-state index in [2.05, 4.69) is 4.90 Å². The second-order valence-corrected chi connectivity index (χ2v) is 8.67. The number of hydrogen-bond donors (Lipinski definition) is 0. The molecule has 1 fully saturated rings. The van der Waals surface area contributed by atoms with Gasteiger partial charge < -0.3 is 9.80 Å². The van der Waals surface area contributed by atoms with Crippen LogP contribution in [0.5, 0.6) is 0 Å². The van der Waals surface area contributed by atoms with Crippen molar-refractivity contribution >= 4 is 67.4 Å². The summed E-state index contributed by atoms with van der Waals surface area (Å²) in [6, 6.07) is 8.85. The average molecular weight is 441 g/mol. The van der Waals surface area contributed by atoms with Crippen LogP contribution in [0.4, 0.5) is 5.13 Å². The molecular formula is C19H16Cl3N3OS.